The van der Waals surface area contributed by atoms with E-state index >= 15 is 0 Å². The molecular weight excluding hydrogens is 263 g/mol. The maximum absolute atomic E-state index is 14.0. The van der Waals surface area contributed by atoms with Gasteiger partial charge in [-0.3, -0.25) is 0 Å². The number of nitrogens with one attached hydrogen (secondary N) is 1. The maximum Gasteiger partial charge on any atom is 0.127 e. The van der Waals surface area contributed by atoms with E-state index in [2.05, 4.69) is 17.3 Å². The molecule has 3 rings (SSSR count). The second kappa shape index (κ2) is 6.89. The van der Waals surface area contributed by atoms with Crippen molar-refractivity contribution in [3.05, 3.63) is 35.1 Å². The predicted octanol–water partition coefficient (Wildman–Crippen LogP) is 3.70. The van der Waals surface area contributed by atoms with Crippen LogP contribution < -0.4 is 5.32 Å². The molecule has 0 spiro atoms. The van der Waals surface area contributed by atoms with Gasteiger partial charge in [-0.1, -0.05) is 25.0 Å². The molecule has 0 saturated heterocycles. The third kappa shape index (κ3) is 4.52. The second-order valence-electron chi connectivity index (χ2n) is 6.93. The van der Waals surface area contributed by atoms with Crippen molar-refractivity contribution in [1.29, 1.82) is 0 Å². The molecule has 2 saturated carbocycles. The molecule has 0 aliphatic heterocycles. The molecule has 1 aromatic carbocycles. The number of benzene rings is 1. The smallest absolute Gasteiger partial charge is 0.127 e. The summed E-state index contributed by atoms with van der Waals surface area (Å²) in [5.74, 6) is 0.751. The van der Waals surface area contributed by atoms with Crippen LogP contribution in [0.1, 0.15) is 49.7 Å². The number of rotatable bonds is 7. The standard InChI is InChI=1S/C18H27FN2/c1-21(12-14-4-2-3-5-14)13-16-10-15(6-9-18(16)19)11-20-17-7-8-17/h6,9-10,14,17,20H,2-5,7-8,11-13H2,1H3. The van der Waals surface area contributed by atoms with Crippen molar-refractivity contribution >= 4 is 0 Å². The SMILES string of the molecule is CN(Cc1cc(CNC2CC2)ccc1F)CC1CCCC1. The van der Waals surface area contributed by atoms with Crippen LogP contribution in [0, 0.1) is 11.7 Å². The third-order valence-electron chi connectivity index (χ3n) is 4.77. The Kier molecular flexibility index (Phi) is 4.91. The van der Waals surface area contributed by atoms with Gasteiger partial charge in [-0.15, -0.1) is 0 Å². The van der Waals surface area contributed by atoms with Gasteiger partial charge in [-0.05, 0) is 50.3 Å². The van der Waals surface area contributed by atoms with E-state index in [4.69, 9.17) is 0 Å². The highest BCUT2D eigenvalue weighted by molar-refractivity contribution is 5.25. The van der Waals surface area contributed by atoms with Crippen LogP contribution in [0.4, 0.5) is 4.39 Å². The van der Waals surface area contributed by atoms with Gasteiger partial charge < -0.3 is 10.2 Å². The van der Waals surface area contributed by atoms with E-state index in [-0.39, 0.29) is 5.82 Å². The van der Waals surface area contributed by atoms with Crippen LogP contribution in [0.15, 0.2) is 18.2 Å². The quantitative estimate of drug-likeness (QED) is 0.823. The molecule has 2 fully saturated rings. The Balaban J connectivity index is 1.55. The summed E-state index contributed by atoms with van der Waals surface area (Å²) in [5.41, 5.74) is 2.04. The molecule has 116 valence electrons. The third-order valence-corrected chi connectivity index (χ3v) is 4.77. The van der Waals surface area contributed by atoms with E-state index in [0.29, 0.717) is 6.04 Å². The molecular formula is C18H27FN2. The van der Waals surface area contributed by atoms with Crippen LogP contribution in [-0.4, -0.2) is 24.5 Å². The number of hydrogen-bond acceptors (Lipinski definition) is 2. The van der Waals surface area contributed by atoms with Crippen LogP contribution >= 0.6 is 0 Å². The lowest BCUT2D eigenvalue weighted by atomic mass is 10.1. The zero-order chi connectivity index (χ0) is 14.7. The Labute approximate surface area is 127 Å². The zero-order valence-corrected chi connectivity index (χ0v) is 13.1. The summed E-state index contributed by atoms with van der Waals surface area (Å²) in [5, 5.41) is 3.50. The van der Waals surface area contributed by atoms with Crippen molar-refractivity contribution in [2.24, 2.45) is 5.92 Å². The monoisotopic (exact) mass is 290 g/mol. The fourth-order valence-electron chi connectivity index (χ4n) is 3.40. The molecule has 0 unspecified atom stereocenters. The molecule has 1 N–H and O–H groups in total. The summed E-state index contributed by atoms with van der Waals surface area (Å²) in [6.45, 7) is 2.69. The van der Waals surface area contributed by atoms with Gasteiger partial charge in [0.05, 0.1) is 0 Å². The minimum Gasteiger partial charge on any atom is -0.310 e. The second-order valence-corrected chi connectivity index (χ2v) is 6.93. The highest BCUT2D eigenvalue weighted by Gasteiger charge is 2.20. The van der Waals surface area contributed by atoms with Crippen molar-refractivity contribution in [1.82, 2.24) is 10.2 Å². The molecule has 3 heteroatoms. The highest BCUT2D eigenvalue weighted by atomic mass is 19.1. The van der Waals surface area contributed by atoms with Gasteiger partial charge in [0.15, 0.2) is 0 Å². The minimum atomic E-state index is -0.0663. The average molecular weight is 290 g/mol. The Hall–Kier alpha value is -0.930. The van der Waals surface area contributed by atoms with E-state index in [1.165, 1.54) is 44.1 Å². The zero-order valence-electron chi connectivity index (χ0n) is 13.1. The Morgan fingerprint density at radius 1 is 1.19 bits per heavy atom. The van der Waals surface area contributed by atoms with E-state index in [1.807, 2.05) is 12.1 Å². The van der Waals surface area contributed by atoms with Crippen molar-refractivity contribution in [3.8, 4) is 0 Å². The molecule has 2 aliphatic rings. The van der Waals surface area contributed by atoms with Gasteiger partial charge in [0, 0.05) is 31.2 Å². The minimum absolute atomic E-state index is 0.0663. The molecule has 0 radical (unpaired) electrons. The first-order chi connectivity index (χ1) is 10.2. The highest BCUT2D eigenvalue weighted by Crippen LogP contribution is 2.26. The van der Waals surface area contributed by atoms with Crippen molar-refractivity contribution in [2.75, 3.05) is 13.6 Å². The van der Waals surface area contributed by atoms with Crippen LogP contribution in [0.2, 0.25) is 0 Å². The lowest BCUT2D eigenvalue weighted by Gasteiger charge is -2.21. The van der Waals surface area contributed by atoms with Crippen molar-refractivity contribution < 1.29 is 4.39 Å². The molecule has 21 heavy (non-hydrogen) atoms. The molecule has 0 aromatic heterocycles. The summed E-state index contributed by atoms with van der Waals surface area (Å²) in [6, 6.07) is 6.27. The van der Waals surface area contributed by atoms with Gasteiger partial charge in [0.2, 0.25) is 0 Å². The first-order valence-corrected chi connectivity index (χ1v) is 8.40. The summed E-state index contributed by atoms with van der Waals surface area (Å²) in [7, 11) is 2.12. The molecule has 0 amide bonds. The summed E-state index contributed by atoms with van der Waals surface area (Å²) in [6.07, 6.45) is 8.01. The molecule has 2 nitrogen and oxygen atoms in total. The van der Waals surface area contributed by atoms with E-state index < -0.39 is 0 Å². The topological polar surface area (TPSA) is 15.3 Å². The van der Waals surface area contributed by atoms with E-state index in [0.717, 1.165) is 31.1 Å². The fraction of sp³-hybridized carbons (Fsp3) is 0.667. The van der Waals surface area contributed by atoms with Gasteiger partial charge in [0.1, 0.15) is 5.82 Å². The normalized spacial score (nSPS) is 19.6. The molecule has 2 aliphatic carbocycles. The first-order valence-electron chi connectivity index (χ1n) is 8.40. The van der Waals surface area contributed by atoms with Gasteiger partial charge in [-0.2, -0.15) is 0 Å². The van der Waals surface area contributed by atoms with E-state index in [9.17, 15) is 4.39 Å². The van der Waals surface area contributed by atoms with Gasteiger partial charge in [-0.25, -0.2) is 4.39 Å². The van der Waals surface area contributed by atoms with Crippen molar-refractivity contribution in [3.63, 3.8) is 0 Å². The number of halogens is 1. The summed E-state index contributed by atoms with van der Waals surface area (Å²) < 4.78 is 14.0. The maximum atomic E-state index is 14.0. The lowest BCUT2D eigenvalue weighted by molar-refractivity contribution is 0.268. The van der Waals surface area contributed by atoms with Crippen molar-refractivity contribution in [2.45, 2.75) is 57.7 Å². The largest absolute Gasteiger partial charge is 0.310 e. The average Bonchev–Trinajstić information content (AvgIpc) is 3.16. The lowest BCUT2D eigenvalue weighted by Crippen LogP contribution is -2.24. The van der Waals surface area contributed by atoms with Crippen LogP contribution in [0.25, 0.3) is 0 Å². The molecule has 0 bridgehead atoms. The fourth-order valence-corrected chi connectivity index (χ4v) is 3.40. The van der Waals surface area contributed by atoms with Crippen LogP contribution in [-0.2, 0) is 13.1 Å². The molecule has 0 heterocycles. The number of nitrogens with zero attached hydrogens (tertiary/aromatic N) is 1. The van der Waals surface area contributed by atoms with Crippen LogP contribution in [0.3, 0.4) is 0 Å². The Bertz CT molecular complexity index is 464. The summed E-state index contributed by atoms with van der Waals surface area (Å²) >= 11 is 0. The molecule has 0 atom stereocenters. The van der Waals surface area contributed by atoms with E-state index in [1.54, 1.807) is 6.07 Å². The Morgan fingerprint density at radius 2 is 1.95 bits per heavy atom. The summed E-state index contributed by atoms with van der Waals surface area (Å²) in [4.78, 5) is 2.28. The Morgan fingerprint density at radius 3 is 2.67 bits per heavy atom. The van der Waals surface area contributed by atoms with Gasteiger partial charge >= 0.3 is 0 Å². The molecule has 1 aromatic rings. The van der Waals surface area contributed by atoms with Gasteiger partial charge in [0.25, 0.3) is 0 Å². The predicted molar refractivity (Wildman–Crippen MR) is 84.6 cm³/mol. The van der Waals surface area contributed by atoms with Crippen LogP contribution in [0.5, 0.6) is 0 Å². The first kappa shape index (κ1) is 15.0. The number of hydrogen-bond donors (Lipinski definition) is 1.